The van der Waals surface area contributed by atoms with Gasteiger partial charge in [-0.15, -0.1) is 12.4 Å². The van der Waals surface area contributed by atoms with Crippen molar-refractivity contribution in [2.75, 3.05) is 26.2 Å². The van der Waals surface area contributed by atoms with Gasteiger partial charge >= 0.3 is 0 Å². The Bertz CT molecular complexity index is 446. The molecule has 0 aliphatic carbocycles. The van der Waals surface area contributed by atoms with Crippen LogP contribution in [0.5, 0.6) is 0 Å². The Morgan fingerprint density at radius 2 is 2.05 bits per heavy atom. The third kappa shape index (κ3) is 3.08. The normalized spacial score (nSPS) is 21.4. The van der Waals surface area contributed by atoms with Crippen LogP contribution in [0.15, 0.2) is 12.3 Å². The van der Waals surface area contributed by atoms with Crippen molar-refractivity contribution in [3.05, 3.63) is 21.5 Å². The molecule has 2 fully saturated rings. The number of aromatic amines is 1. The van der Waals surface area contributed by atoms with Crippen LogP contribution in [0.4, 0.5) is 0 Å². The highest BCUT2D eigenvalue weighted by atomic mass is 127. The number of aromatic nitrogens is 1. The molecule has 4 nitrogen and oxygen atoms in total. The van der Waals surface area contributed by atoms with E-state index in [0.717, 1.165) is 48.3 Å². The number of likely N-dealkylation sites (tertiary alicyclic amines) is 1. The van der Waals surface area contributed by atoms with Gasteiger partial charge in [0.1, 0.15) is 5.69 Å². The number of carbonyl (C=O) groups excluding carboxylic acids is 1. The molecular weight excluding hydrogens is 377 g/mol. The third-order valence-electron chi connectivity index (χ3n) is 4.32. The van der Waals surface area contributed by atoms with Gasteiger partial charge in [-0.05, 0) is 59.9 Å². The number of amides is 1. The molecule has 1 aromatic rings. The van der Waals surface area contributed by atoms with Crippen molar-refractivity contribution in [1.29, 1.82) is 0 Å². The first-order valence-electron chi connectivity index (χ1n) is 6.53. The summed E-state index contributed by atoms with van der Waals surface area (Å²) in [6.45, 7) is 4.07. The SMILES string of the molecule is Cl.O=C(c1cc(I)c[nH]1)N1CCC2(CCNC2)CC1. The summed E-state index contributed by atoms with van der Waals surface area (Å²) >= 11 is 2.22. The smallest absolute Gasteiger partial charge is 0.270 e. The van der Waals surface area contributed by atoms with Crippen LogP contribution < -0.4 is 5.32 Å². The summed E-state index contributed by atoms with van der Waals surface area (Å²) < 4.78 is 1.09. The van der Waals surface area contributed by atoms with Crippen LogP contribution in [0.1, 0.15) is 29.8 Å². The second kappa shape index (κ2) is 6.01. The minimum atomic E-state index is 0. The Morgan fingerprint density at radius 1 is 1.32 bits per heavy atom. The highest BCUT2D eigenvalue weighted by Gasteiger charge is 2.38. The number of nitrogens with one attached hydrogen (secondary N) is 2. The van der Waals surface area contributed by atoms with Gasteiger partial charge in [0.15, 0.2) is 0 Å². The second-order valence-electron chi connectivity index (χ2n) is 5.45. The van der Waals surface area contributed by atoms with Gasteiger partial charge in [-0.25, -0.2) is 0 Å². The lowest BCUT2D eigenvalue weighted by molar-refractivity contribution is 0.0602. The molecule has 0 atom stereocenters. The van der Waals surface area contributed by atoms with Gasteiger partial charge in [0.25, 0.3) is 5.91 Å². The Hall–Kier alpha value is -0.270. The predicted molar refractivity (Wildman–Crippen MR) is 85.8 cm³/mol. The van der Waals surface area contributed by atoms with E-state index in [0.29, 0.717) is 5.41 Å². The van der Waals surface area contributed by atoms with E-state index in [1.54, 1.807) is 0 Å². The zero-order chi connectivity index (χ0) is 12.6. The van der Waals surface area contributed by atoms with Crippen molar-refractivity contribution in [2.45, 2.75) is 19.3 Å². The van der Waals surface area contributed by atoms with E-state index in [1.807, 2.05) is 17.2 Å². The van der Waals surface area contributed by atoms with Gasteiger partial charge in [-0.1, -0.05) is 0 Å². The average molecular weight is 396 g/mol. The Labute approximate surface area is 133 Å². The molecule has 0 radical (unpaired) electrons. The topological polar surface area (TPSA) is 48.1 Å². The van der Waals surface area contributed by atoms with Crippen molar-refractivity contribution in [3.8, 4) is 0 Å². The fourth-order valence-electron chi connectivity index (χ4n) is 3.07. The summed E-state index contributed by atoms with van der Waals surface area (Å²) in [5.74, 6) is 0.152. The van der Waals surface area contributed by atoms with Gasteiger partial charge < -0.3 is 15.2 Å². The highest BCUT2D eigenvalue weighted by Crippen LogP contribution is 2.37. The van der Waals surface area contributed by atoms with Crippen LogP contribution in [0, 0.1) is 8.99 Å². The van der Waals surface area contributed by atoms with Gasteiger partial charge in [0.05, 0.1) is 0 Å². The molecule has 2 saturated heterocycles. The first-order chi connectivity index (χ1) is 8.69. The maximum atomic E-state index is 12.3. The Kier molecular flexibility index (Phi) is 4.79. The van der Waals surface area contributed by atoms with Crippen LogP contribution in [-0.4, -0.2) is 42.0 Å². The van der Waals surface area contributed by atoms with Crippen molar-refractivity contribution in [2.24, 2.45) is 5.41 Å². The molecule has 1 spiro atoms. The summed E-state index contributed by atoms with van der Waals surface area (Å²) in [5.41, 5.74) is 1.20. The molecule has 2 aliphatic rings. The highest BCUT2D eigenvalue weighted by molar-refractivity contribution is 14.1. The molecule has 19 heavy (non-hydrogen) atoms. The molecule has 6 heteroatoms. The minimum absolute atomic E-state index is 0. The minimum Gasteiger partial charge on any atom is -0.356 e. The maximum absolute atomic E-state index is 12.3. The molecule has 1 amide bonds. The van der Waals surface area contributed by atoms with E-state index in [1.165, 1.54) is 6.42 Å². The third-order valence-corrected chi connectivity index (χ3v) is 4.94. The van der Waals surface area contributed by atoms with Crippen LogP contribution in [-0.2, 0) is 0 Å². The Balaban J connectivity index is 0.00000133. The Morgan fingerprint density at radius 3 is 2.58 bits per heavy atom. The molecule has 3 rings (SSSR count). The number of piperidine rings is 1. The first kappa shape index (κ1) is 15.1. The molecule has 0 saturated carbocycles. The molecule has 0 aromatic carbocycles. The van der Waals surface area contributed by atoms with Gasteiger partial charge in [0.2, 0.25) is 0 Å². The summed E-state index contributed by atoms with van der Waals surface area (Å²) in [7, 11) is 0. The summed E-state index contributed by atoms with van der Waals surface area (Å²) in [6.07, 6.45) is 5.43. The number of halogens is 2. The molecule has 2 N–H and O–H groups in total. The first-order valence-corrected chi connectivity index (χ1v) is 7.60. The van der Waals surface area contributed by atoms with E-state index >= 15 is 0 Å². The molecular formula is C13H19ClIN3O. The van der Waals surface area contributed by atoms with Gasteiger partial charge in [0, 0.05) is 29.4 Å². The summed E-state index contributed by atoms with van der Waals surface area (Å²) in [4.78, 5) is 17.3. The zero-order valence-electron chi connectivity index (χ0n) is 10.7. The monoisotopic (exact) mass is 395 g/mol. The number of hydrogen-bond donors (Lipinski definition) is 2. The van der Waals surface area contributed by atoms with E-state index in [4.69, 9.17) is 0 Å². The fourth-order valence-corrected chi connectivity index (χ4v) is 3.54. The van der Waals surface area contributed by atoms with Crippen molar-refractivity contribution in [1.82, 2.24) is 15.2 Å². The second-order valence-corrected chi connectivity index (χ2v) is 6.70. The lowest BCUT2D eigenvalue weighted by Gasteiger charge is -2.38. The molecule has 106 valence electrons. The number of rotatable bonds is 1. The predicted octanol–water partition coefficient (Wildman–Crippen LogP) is 2.26. The molecule has 0 bridgehead atoms. The van der Waals surface area contributed by atoms with E-state index in [2.05, 4.69) is 32.9 Å². The lowest BCUT2D eigenvalue weighted by atomic mass is 9.78. The molecule has 0 unspecified atom stereocenters. The van der Waals surface area contributed by atoms with Crippen molar-refractivity contribution >= 4 is 40.9 Å². The van der Waals surface area contributed by atoms with Gasteiger partial charge in [-0.2, -0.15) is 0 Å². The van der Waals surface area contributed by atoms with Crippen LogP contribution in [0.2, 0.25) is 0 Å². The maximum Gasteiger partial charge on any atom is 0.270 e. The average Bonchev–Trinajstić information content (AvgIpc) is 3.00. The quantitative estimate of drug-likeness (QED) is 0.717. The summed E-state index contributed by atoms with van der Waals surface area (Å²) in [5, 5.41) is 3.45. The largest absolute Gasteiger partial charge is 0.356 e. The van der Waals surface area contributed by atoms with E-state index < -0.39 is 0 Å². The van der Waals surface area contributed by atoms with E-state index in [9.17, 15) is 4.79 Å². The number of hydrogen-bond acceptors (Lipinski definition) is 2. The molecule has 3 heterocycles. The lowest BCUT2D eigenvalue weighted by Crippen LogP contribution is -2.44. The molecule has 1 aromatic heterocycles. The van der Waals surface area contributed by atoms with Crippen LogP contribution in [0.3, 0.4) is 0 Å². The number of H-pyrrole nitrogens is 1. The standard InChI is InChI=1S/C13H18IN3O.ClH/c14-10-7-11(16-8-10)12(18)17-5-2-13(3-6-17)1-4-15-9-13;/h7-8,15-16H,1-6,9H2;1H. The number of carbonyl (C=O) groups is 1. The van der Waals surface area contributed by atoms with Crippen LogP contribution >= 0.6 is 35.0 Å². The molecule has 2 aliphatic heterocycles. The van der Waals surface area contributed by atoms with Crippen LogP contribution in [0.25, 0.3) is 0 Å². The van der Waals surface area contributed by atoms with Gasteiger partial charge in [-0.3, -0.25) is 4.79 Å². The zero-order valence-corrected chi connectivity index (χ0v) is 13.7. The van der Waals surface area contributed by atoms with E-state index in [-0.39, 0.29) is 18.3 Å². The number of nitrogens with zero attached hydrogens (tertiary/aromatic N) is 1. The van der Waals surface area contributed by atoms with Crippen molar-refractivity contribution in [3.63, 3.8) is 0 Å². The summed E-state index contributed by atoms with van der Waals surface area (Å²) in [6, 6.07) is 1.92. The van der Waals surface area contributed by atoms with Crippen molar-refractivity contribution < 1.29 is 4.79 Å². The fraction of sp³-hybridized carbons (Fsp3) is 0.615.